The molecule has 5 rings (SSSR count). The number of likely N-dealkylation sites (tertiary alicyclic amines) is 1. The van der Waals surface area contributed by atoms with Crippen LogP contribution in [0.4, 0.5) is 5.82 Å². The lowest BCUT2D eigenvalue weighted by atomic mass is 10.0. The number of fused-ring (bicyclic) bond motifs is 3. The van der Waals surface area contributed by atoms with Crippen LogP contribution >= 0.6 is 0 Å². The van der Waals surface area contributed by atoms with Gasteiger partial charge in [-0.25, -0.2) is 15.0 Å². The van der Waals surface area contributed by atoms with Crippen molar-refractivity contribution < 1.29 is 0 Å². The fourth-order valence-electron chi connectivity index (χ4n) is 4.10. The zero-order valence-corrected chi connectivity index (χ0v) is 16.5. The molecule has 0 atom stereocenters. The number of nitrogens with zero attached hydrogens (tertiary/aromatic N) is 6. The maximum atomic E-state index is 12.8. The van der Waals surface area contributed by atoms with Gasteiger partial charge in [-0.3, -0.25) is 9.20 Å². The summed E-state index contributed by atoms with van der Waals surface area (Å²) in [5.74, 6) is 0.749. The summed E-state index contributed by atoms with van der Waals surface area (Å²) in [7, 11) is 4.19. The Morgan fingerprint density at radius 2 is 1.86 bits per heavy atom. The summed E-state index contributed by atoms with van der Waals surface area (Å²) in [6.07, 6.45) is 5.56. The summed E-state index contributed by atoms with van der Waals surface area (Å²) in [4.78, 5) is 33.8. The van der Waals surface area contributed by atoms with E-state index in [2.05, 4.69) is 36.8 Å². The van der Waals surface area contributed by atoms with Crippen molar-refractivity contribution in [3.8, 4) is 11.3 Å². The van der Waals surface area contributed by atoms with Gasteiger partial charge in [-0.15, -0.1) is 0 Å². The molecule has 1 N–H and O–H groups in total. The number of nitrogens with one attached hydrogen (secondary N) is 1. The third-order valence-corrected chi connectivity index (χ3v) is 5.82. The Kier molecular flexibility index (Phi) is 4.28. The van der Waals surface area contributed by atoms with E-state index in [1.807, 2.05) is 43.6 Å². The molecule has 0 saturated carbocycles. The van der Waals surface area contributed by atoms with Crippen molar-refractivity contribution in [1.29, 1.82) is 0 Å². The molecular weight excluding hydrogens is 366 g/mol. The Morgan fingerprint density at radius 3 is 2.62 bits per heavy atom. The molecule has 1 aliphatic rings. The lowest BCUT2D eigenvalue weighted by Crippen LogP contribution is -2.42. The van der Waals surface area contributed by atoms with E-state index in [9.17, 15) is 4.79 Å². The van der Waals surface area contributed by atoms with Gasteiger partial charge in [0.25, 0.3) is 5.56 Å². The number of rotatable bonds is 3. The average molecular weight is 389 g/mol. The topological polar surface area (TPSA) is 82.4 Å². The number of anilines is 1. The minimum Gasteiger partial charge on any atom is -0.355 e. The normalized spacial score (nSPS) is 15.9. The fraction of sp³-hybridized carbons (Fsp3) is 0.333. The third-order valence-electron chi connectivity index (χ3n) is 5.82. The predicted octanol–water partition coefficient (Wildman–Crippen LogP) is 2.16. The second-order valence-electron chi connectivity index (χ2n) is 7.68. The highest BCUT2D eigenvalue weighted by atomic mass is 16.1. The summed E-state index contributed by atoms with van der Waals surface area (Å²) in [5.41, 5.74) is 3.09. The van der Waals surface area contributed by atoms with E-state index in [0.717, 1.165) is 43.0 Å². The molecule has 1 saturated heterocycles. The van der Waals surface area contributed by atoms with Crippen molar-refractivity contribution in [3.05, 3.63) is 53.2 Å². The summed E-state index contributed by atoms with van der Waals surface area (Å²) in [6.45, 7) is 2.11. The summed E-state index contributed by atoms with van der Waals surface area (Å²) in [5, 5.41) is 0. The van der Waals surface area contributed by atoms with Crippen molar-refractivity contribution in [1.82, 2.24) is 29.2 Å². The molecule has 3 aromatic heterocycles. The number of hydrogen-bond donors (Lipinski definition) is 1. The van der Waals surface area contributed by atoms with Gasteiger partial charge in [0.1, 0.15) is 11.8 Å². The van der Waals surface area contributed by atoms with E-state index >= 15 is 0 Å². The molecule has 0 bridgehead atoms. The second kappa shape index (κ2) is 6.97. The first-order valence-electron chi connectivity index (χ1n) is 9.84. The predicted molar refractivity (Wildman–Crippen MR) is 113 cm³/mol. The van der Waals surface area contributed by atoms with Crippen LogP contribution in [0.2, 0.25) is 0 Å². The van der Waals surface area contributed by atoms with Crippen LogP contribution in [0, 0.1) is 0 Å². The molecule has 4 aromatic rings. The molecule has 0 amide bonds. The SMILES string of the molecule is CN1CCC(N(C)c2ncnc3c2[nH]c(=O)c2nc(-c4ccccc4)cn23)CC1. The van der Waals surface area contributed by atoms with Gasteiger partial charge in [0, 0.05) is 24.8 Å². The number of aromatic amines is 1. The van der Waals surface area contributed by atoms with E-state index < -0.39 is 0 Å². The van der Waals surface area contributed by atoms with Gasteiger partial charge in [-0.05, 0) is 33.0 Å². The molecule has 148 valence electrons. The quantitative estimate of drug-likeness (QED) is 0.578. The van der Waals surface area contributed by atoms with Crippen LogP contribution in [0.1, 0.15) is 12.8 Å². The molecule has 0 spiro atoms. The Balaban J connectivity index is 1.64. The Labute approximate surface area is 167 Å². The highest BCUT2D eigenvalue weighted by molar-refractivity contribution is 5.85. The summed E-state index contributed by atoms with van der Waals surface area (Å²) < 4.78 is 1.77. The van der Waals surface area contributed by atoms with Crippen LogP contribution in [0.25, 0.3) is 28.1 Å². The minimum atomic E-state index is -0.243. The lowest BCUT2D eigenvalue weighted by molar-refractivity contribution is 0.252. The Bertz CT molecular complexity index is 1220. The van der Waals surface area contributed by atoms with E-state index in [1.165, 1.54) is 0 Å². The molecule has 29 heavy (non-hydrogen) atoms. The molecule has 0 unspecified atom stereocenters. The van der Waals surface area contributed by atoms with E-state index in [-0.39, 0.29) is 5.56 Å². The van der Waals surface area contributed by atoms with Crippen molar-refractivity contribution in [2.45, 2.75) is 18.9 Å². The maximum absolute atomic E-state index is 12.8. The lowest BCUT2D eigenvalue weighted by Gasteiger charge is -2.35. The molecule has 0 radical (unpaired) electrons. The third kappa shape index (κ3) is 3.05. The van der Waals surface area contributed by atoms with Gasteiger partial charge in [0.15, 0.2) is 11.5 Å². The summed E-state index contributed by atoms with van der Waals surface area (Å²) >= 11 is 0. The zero-order valence-electron chi connectivity index (χ0n) is 16.5. The van der Waals surface area contributed by atoms with E-state index in [1.54, 1.807) is 10.7 Å². The molecule has 0 aliphatic carbocycles. The van der Waals surface area contributed by atoms with Gasteiger partial charge in [0.05, 0.1) is 5.69 Å². The molecule has 1 aliphatic heterocycles. The van der Waals surface area contributed by atoms with Crippen LogP contribution in [0.15, 0.2) is 47.7 Å². The fourth-order valence-corrected chi connectivity index (χ4v) is 4.10. The molecule has 8 heteroatoms. The van der Waals surface area contributed by atoms with Crippen molar-refractivity contribution in [2.75, 3.05) is 32.1 Å². The van der Waals surface area contributed by atoms with Crippen LogP contribution in [-0.2, 0) is 0 Å². The number of H-pyrrole nitrogens is 1. The average Bonchev–Trinajstić information content (AvgIpc) is 3.21. The van der Waals surface area contributed by atoms with Gasteiger partial charge in [-0.2, -0.15) is 0 Å². The van der Waals surface area contributed by atoms with Crippen molar-refractivity contribution in [2.24, 2.45) is 0 Å². The Morgan fingerprint density at radius 1 is 1.10 bits per heavy atom. The number of hydrogen-bond acceptors (Lipinski definition) is 6. The standard InChI is InChI=1S/C21H23N7O/c1-26-10-8-15(9-11-26)27(2)18-17-19(23-13-22-18)28-12-16(14-6-4-3-5-7-14)24-20(28)21(29)25-17/h3-7,12-13,15H,8-11H2,1-2H3,(H,25,29). The monoisotopic (exact) mass is 389 g/mol. The highest BCUT2D eigenvalue weighted by Crippen LogP contribution is 2.26. The van der Waals surface area contributed by atoms with Crippen LogP contribution in [-0.4, -0.2) is 62.5 Å². The number of imidazole rings is 1. The van der Waals surface area contributed by atoms with Gasteiger partial charge >= 0.3 is 0 Å². The first kappa shape index (κ1) is 17.8. The van der Waals surface area contributed by atoms with Crippen LogP contribution < -0.4 is 10.5 Å². The first-order chi connectivity index (χ1) is 14.1. The summed E-state index contributed by atoms with van der Waals surface area (Å²) in [6, 6.07) is 10.2. The first-order valence-corrected chi connectivity index (χ1v) is 9.84. The largest absolute Gasteiger partial charge is 0.355 e. The Hall–Kier alpha value is -3.26. The van der Waals surface area contributed by atoms with E-state index in [4.69, 9.17) is 0 Å². The minimum absolute atomic E-state index is 0.243. The second-order valence-corrected chi connectivity index (χ2v) is 7.68. The molecule has 4 heterocycles. The van der Waals surface area contributed by atoms with Gasteiger partial charge in [-0.1, -0.05) is 30.3 Å². The molecular formula is C21H23N7O. The maximum Gasteiger partial charge on any atom is 0.292 e. The van der Waals surface area contributed by atoms with E-state index in [0.29, 0.717) is 22.9 Å². The van der Waals surface area contributed by atoms with Gasteiger partial charge < -0.3 is 14.8 Å². The van der Waals surface area contributed by atoms with Crippen LogP contribution in [0.3, 0.4) is 0 Å². The van der Waals surface area contributed by atoms with Crippen LogP contribution in [0.5, 0.6) is 0 Å². The number of aromatic nitrogens is 5. The smallest absolute Gasteiger partial charge is 0.292 e. The zero-order chi connectivity index (χ0) is 20.0. The molecule has 8 nitrogen and oxygen atoms in total. The van der Waals surface area contributed by atoms with Gasteiger partial charge in [0.2, 0.25) is 5.65 Å². The molecule has 1 fully saturated rings. The number of piperidine rings is 1. The number of benzene rings is 1. The molecule has 1 aromatic carbocycles. The van der Waals surface area contributed by atoms with Crippen molar-refractivity contribution >= 4 is 22.6 Å². The highest BCUT2D eigenvalue weighted by Gasteiger charge is 2.24. The van der Waals surface area contributed by atoms with Crippen molar-refractivity contribution in [3.63, 3.8) is 0 Å².